The van der Waals surface area contributed by atoms with Crippen LogP contribution in [0.5, 0.6) is 0 Å². The van der Waals surface area contributed by atoms with Crippen molar-refractivity contribution in [1.29, 1.82) is 0 Å². The molecule has 3 amide bonds. The maximum atomic E-state index is 13.6. The van der Waals surface area contributed by atoms with Crippen LogP contribution in [0.2, 0.25) is 0 Å². The van der Waals surface area contributed by atoms with Crippen molar-refractivity contribution >= 4 is 29.0 Å². The average Bonchev–Trinajstić information content (AvgIpc) is 3.25. The van der Waals surface area contributed by atoms with Crippen LogP contribution in [-0.2, 0) is 17.6 Å². The SMILES string of the molecule is CN1C(=O)C(N(C(N)=O)c2ccc3c(c2)CCC3)N=C(c2ccccc2)c2ccccc21. The fourth-order valence-electron chi connectivity index (χ4n) is 4.60. The first kappa shape index (κ1) is 20.0. The molecule has 3 aromatic carbocycles. The number of primary amides is 1. The largest absolute Gasteiger partial charge is 0.351 e. The van der Waals surface area contributed by atoms with E-state index < -0.39 is 12.2 Å². The molecule has 1 heterocycles. The maximum absolute atomic E-state index is 13.6. The number of amides is 3. The van der Waals surface area contributed by atoms with E-state index in [0.29, 0.717) is 11.4 Å². The van der Waals surface area contributed by atoms with Crippen LogP contribution < -0.4 is 15.5 Å². The van der Waals surface area contributed by atoms with Gasteiger partial charge in [-0.2, -0.15) is 0 Å². The molecule has 3 aromatic rings. The number of rotatable bonds is 3. The molecule has 0 spiro atoms. The summed E-state index contributed by atoms with van der Waals surface area (Å²) < 4.78 is 0. The molecule has 0 radical (unpaired) electrons. The number of carbonyl (C=O) groups is 2. The van der Waals surface area contributed by atoms with Gasteiger partial charge in [0, 0.05) is 23.9 Å². The molecular formula is C26H24N4O2. The summed E-state index contributed by atoms with van der Waals surface area (Å²) in [5.74, 6) is -0.317. The number of para-hydroxylation sites is 1. The number of hydrogen-bond donors (Lipinski definition) is 1. The van der Waals surface area contributed by atoms with Crippen molar-refractivity contribution in [2.75, 3.05) is 16.8 Å². The second-order valence-electron chi connectivity index (χ2n) is 8.15. The molecule has 6 heteroatoms. The lowest BCUT2D eigenvalue weighted by Crippen LogP contribution is -2.51. The first-order valence-electron chi connectivity index (χ1n) is 10.8. The van der Waals surface area contributed by atoms with Crippen molar-refractivity contribution in [2.45, 2.75) is 25.4 Å². The van der Waals surface area contributed by atoms with Crippen LogP contribution in [0.3, 0.4) is 0 Å². The van der Waals surface area contributed by atoms with Crippen LogP contribution in [0.25, 0.3) is 0 Å². The van der Waals surface area contributed by atoms with Gasteiger partial charge in [0.15, 0.2) is 0 Å². The molecule has 0 aromatic heterocycles. The summed E-state index contributed by atoms with van der Waals surface area (Å²) in [5, 5.41) is 0. The van der Waals surface area contributed by atoms with Gasteiger partial charge in [-0.15, -0.1) is 0 Å². The number of anilines is 2. The zero-order chi connectivity index (χ0) is 22.2. The third-order valence-electron chi connectivity index (χ3n) is 6.21. The number of likely N-dealkylation sites (N-methyl/N-ethyl adjacent to an activating group) is 1. The van der Waals surface area contributed by atoms with E-state index in [1.807, 2.05) is 72.8 Å². The highest BCUT2D eigenvalue weighted by atomic mass is 16.2. The molecule has 1 unspecified atom stereocenters. The average molecular weight is 425 g/mol. The second-order valence-corrected chi connectivity index (χ2v) is 8.15. The van der Waals surface area contributed by atoms with Crippen molar-refractivity contribution in [3.8, 4) is 0 Å². The summed E-state index contributed by atoms with van der Waals surface area (Å²) in [6.45, 7) is 0. The Bertz CT molecular complexity index is 1240. The van der Waals surface area contributed by atoms with Crippen molar-refractivity contribution in [3.05, 3.63) is 95.1 Å². The number of benzene rings is 3. The molecule has 0 bridgehead atoms. The van der Waals surface area contributed by atoms with Gasteiger partial charge in [0.1, 0.15) is 0 Å². The van der Waals surface area contributed by atoms with Gasteiger partial charge < -0.3 is 10.6 Å². The predicted molar refractivity (Wildman–Crippen MR) is 126 cm³/mol. The third kappa shape index (κ3) is 3.34. The monoisotopic (exact) mass is 424 g/mol. The predicted octanol–water partition coefficient (Wildman–Crippen LogP) is 3.90. The van der Waals surface area contributed by atoms with Crippen molar-refractivity contribution in [1.82, 2.24) is 0 Å². The Balaban J connectivity index is 1.69. The minimum absolute atomic E-state index is 0.317. The summed E-state index contributed by atoms with van der Waals surface area (Å²) in [7, 11) is 1.71. The van der Waals surface area contributed by atoms with Gasteiger partial charge in [-0.25, -0.2) is 9.79 Å². The first-order valence-corrected chi connectivity index (χ1v) is 10.8. The fraction of sp³-hybridized carbons (Fsp3) is 0.192. The topological polar surface area (TPSA) is 79.0 Å². The molecule has 1 atom stereocenters. The highest BCUT2D eigenvalue weighted by molar-refractivity contribution is 6.21. The third-order valence-corrected chi connectivity index (χ3v) is 6.21. The normalized spacial score (nSPS) is 17.3. The van der Waals surface area contributed by atoms with E-state index in [4.69, 9.17) is 10.7 Å². The second kappa shape index (κ2) is 7.96. The van der Waals surface area contributed by atoms with Crippen LogP contribution in [0.1, 0.15) is 28.7 Å². The Morgan fingerprint density at radius 1 is 1.00 bits per heavy atom. The van der Waals surface area contributed by atoms with Gasteiger partial charge in [-0.1, -0.05) is 54.6 Å². The van der Waals surface area contributed by atoms with Gasteiger partial charge in [0.2, 0.25) is 6.17 Å². The number of nitrogens with two attached hydrogens (primary N) is 1. The summed E-state index contributed by atoms with van der Waals surface area (Å²) in [6.07, 6.45) is 1.97. The Morgan fingerprint density at radius 2 is 1.72 bits per heavy atom. The minimum atomic E-state index is -1.11. The fourth-order valence-corrected chi connectivity index (χ4v) is 4.60. The number of nitrogens with zero attached hydrogens (tertiary/aromatic N) is 3. The number of aryl methyl sites for hydroxylation is 2. The van der Waals surface area contributed by atoms with Gasteiger partial charge in [0.25, 0.3) is 5.91 Å². The molecule has 5 rings (SSSR count). The van der Waals surface area contributed by atoms with E-state index in [0.717, 1.165) is 36.1 Å². The molecule has 2 aliphatic rings. The molecular weight excluding hydrogens is 400 g/mol. The Morgan fingerprint density at radius 3 is 2.50 bits per heavy atom. The van der Waals surface area contributed by atoms with Crippen molar-refractivity contribution in [3.63, 3.8) is 0 Å². The Kier molecular flexibility index (Phi) is 4.98. The highest BCUT2D eigenvalue weighted by Crippen LogP contribution is 2.32. The summed E-state index contributed by atoms with van der Waals surface area (Å²) in [4.78, 5) is 34.0. The lowest BCUT2D eigenvalue weighted by atomic mass is 10.0. The van der Waals surface area contributed by atoms with Crippen LogP contribution in [0, 0.1) is 0 Å². The zero-order valence-electron chi connectivity index (χ0n) is 17.9. The maximum Gasteiger partial charge on any atom is 0.321 e. The van der Waals surface area contributed by atoms with Crippen LogP contribution in [-0.4, -0.2) is 30.9 Å². The smallest absolute Gasteiger partial charge is 0.321 e. The van der Waals surface area contributed by atoms with Crippen LogP contribution in [0.15, 0.2) is 77.8 Å². The van der Waals surface area contributed by atoms with Crippen molar-refractivity contribution in [2.24, 2.45) is 10.7 Å². The van der Waals surface area contributed by atoms with Gasteiger partial charge >= 0.3 is 6.03 Å². The molecule has 160 valence electrons. The number of urea groups is 1. The molecule has 32 heavy (non-hydrogen) atoms. The lowest BCUT2D eigenvalue weighted by Gasteiger charge is -2.29. The molecule has 2 N–H and O–H groups in total. The van der Waals surface area contributed by atoms with Gasteiger partial charge in [-0.05, 0) is 48.6 Å². The first-order chi connectivity index (χ1) is 15.5. The standard InChI is InChI=1S/C26H24N4O2/c1-29-22-13-6-5-12-21(22)23(18-8-3-2-4-9-18)28-24(25(29)31)30(26(27)32)20-15-14-17-10-7-11-19(17)16-20/h2-6,8-9,12-16,24H,7,10-11H2,1H3,(H2,27,32). The summed E-state index contributed by atoms with van der Waals surface area (Å²) in [6, 6.07) is 22.5. The van der Waals surface area contributed by atoms with Crippen molar-refractivity contribution < 1.29 is 9.59 Å². The Labute approximate surface area is 187 Å². The van der Waals surface area contributed by atoms with E-state index in [2.05, 4.69) is 0 Å². The zero-order valence-corrected chi connectivity index (χ0v) is 17.9. The quantitative estimate of drug-likeness (QED) is 0.692. The lowest BCUT2D eigenvalue weighted by molar-refractivity contribution is -0.119. The van der Waals surface area contributed by atoms with E-state index in [9.17, 15) is 9.59 Å². The molecule has 0 saturated carbocycles. The number of aliphatic imine (C=N–C) groups is 1. The van der Waals surface area contributed by atoms with E-state index >= 15 is 0 Å². The van der Waals surface area contributed by atoms with Gasteiger partial charge in [-0.3, -0.25) is 9.69 Å². The van der Waals surface area contributed by atoms with Gasteiger partial charge in [0.05, 0.1) is 11.4 Å². The minimum Gasteiger partial charge on any atom is -0.351 e. The van der Waals surface area contributed by atoms with Crippen LogP contribution >= 0.6 is 0 Å². The molecule has 0 saturated heterocycles. The number of fused-ring (bicyclic) bond motifs is 2. The Hall–Kier alpha value is -3.93. The van der Waals surface area contributed by atoms with E-state index in [1.165, 1.54) is 16.0 Å². The molecule has 1 aliphatic carbocycles. The van der Waals surface area contributed by atoms with E-state index in [-0.39, 0.29) is 5.91 Å². The molecule has 0 fully saturated rings. The number of benzodiazepines with no additional fused rings is 1. The van der Waals surface area contributed by atoms with Crippen LogP contribution in [0.4, 0.5) is 16.2 Å². The number of hydrogen-bond acceptors (Lipinski definition) is 3. The summed E-state index contributed by atoms with van der Waals surface area (Å²) >= 11 is 0. The summed E-state index contributed by atoms with van der Waals surface area (Å²) in [5.41, 5.74) is 12.0. The molecule has 6 nitrogen and oxygen atoms in total. The highest BCUT2D eigenvalue weighted by Gasteiger charge is 2.36. The molecule has 1 aliphatic heterocycles. The number of carbonyl (C=O) groups excluding carboxylic acids is 2. The van der Waals surface area contributed by atoms with E-state index in [1.54, 1.807) is 11.9 Å².